The van der Waals surface area contributed by atoms with Crippen LogP contribution in [0.2, 0.25) is 0 Å². The maximum Gasteiger partial charge on any atom is 0.330 e. The molecule has 0 atom stereocenters. The highest BCUT2D eigenvalue weighted by Gasteiger charge is 2.07. The third kappa shape index (κ3) is 6.53. The van der Waals surface area contributed by atoms with E-state index < -0.39 is 0 Å². The van der Waals surface area contributed by atoms with Gasteiger partial charge in [-0.05, 0) is 67.8 Å². The Morgan fingerprint density at radius 1 is 0.903 bits per heavy atom. The summed E-state index contributed by atoms with van der Waals surface area (Å²) in [5.41, 5.74) is 4.90. The van der Waals surface area contributed by atoms with Crippen molar-refractivity contribution in [1.29, 1.82) is 0 Å². The summed E-state index contributed by atoms with van der Waals surface area (Å²) >= 11 is 0. The Morgan fingerprint density at radius 2 is 1.48 bits per heavy atom. The molecule has 8 nitrogen and oxygen atoms in total. The van der Waals surface area contributed by atoms with Crippen LogP contribution >= 0.6 is 0 Å². The first-order valence-electron chi connectivity index (χ1n) is 9.96. The lowest BCUT2D eigenvalue weighted by atomic mass is 10.1. The van der Waals surface area contributed by atoms with Crippen LogP contribution in [0.1, 0.15) is 23.6 Å². The van der Waals surface area contributed by atoms with Gasteiger partial charge in [-0.3, -0.25) is 0 Å². The van der Waals surface area contributed by atoms with E-state index >= 15 is 0 Å². The lowest BCUT2D eigenvalue weighted by Gasteiger charge is -2.11. The number of benzene rings is 2. The Labute approximate surface area is 181 Å². The summed E-state index contributed by atoms with van der Waals surface area (Å²) in [4.78, 5) is 24.7. The van der Waals surface area contributed by atoms with E-state index in [1.54, 1.807) is 20.0 Å². The first-order chi connectivity index (χ1) is 14.9. The SMILES string of the molecule is CCOC(=O)/C=C/c1ccc(Nc2nc(NC)nc(Nc3cc(C)cc(C)c3)n2)cc1. The molecule has 0 saturated heterocycles. The molecule has 0 fully saturated rings. The number of nitrogens with one attached hydrogen (secondary N) is 3. The summed E-state index contributed by atoms with van der Waals surface area (Å²) in [6, 6.07) is 13.7. The molecule has 1 aromatic heterocycles. The first-order valence-corrected chi connectivity index (χ1v) is 9.96. The van der Waals surface area contributed by atoms with Crippen LogP contribution in [0, 0.1) is 13.8 Å². The van der Waals surface area contributed by atoms with Crippen LogP contribution in [0.4, 0.5) is 29.2 Å². The second kappa shape index (κ2) is 10.2. The minimum Gasteiger partial charge on any atom is -0.463 e. The number of esters is 1. The predicted molar refractivity (Wildman–Crippen MR) is 124 cm³/mol. The largest absolute Gasteiger partial charge is 0.463 e. The van der Waals surface area contributed by atoms with E-state index in [-0.39, 0.29) is 5.97 Å². The van der Waals surface area contributed by atoms with Crippen molar-refractivity contribution >= 4 is 41.3 Å². The van der Waals surface area contributed by atoms with Crippen LogP contribution in [-0.2, 0) is 9.53 Å². The number of carbonyl (C=O) groups excluding carboxylic acids is 1. The van der Waals surface area contributed by atoms with Gasteiger partial charge < -0.3 is 20.7 Å². The maximum atomic E-state index is 11.4. The van der Waals surface area contributed by atoms with Crippen LogP contribution in [-0.4, -0.2) is 34.6 Å². The van der Waals surface area contributed by atoms with Crippen molar-refractivity contribution < 1.29 is 9.53 Å². The van der Waals surface area contributed by atoms with Gasteiger partial charge in [0.1, 0.15) is 0 Å². The summed E-state index contributed by atoms with van der Waals surface area (Å²) in [5.74, 6) is 0.915. The van der Waals surface area contributed by atoms with Crippen molar-refractivity contribution in [3.05, 3.63) is 65.2 Å². The van der Waals surface area contributed by atoms with E-state index in [1.165, 1.54) is 6.08 Å². The molecule has 2 aromatic carbocycles. The molecule has 0 aliphatic rings. The molecule has 160 valence electrons. The summed E-state index contributed by atoms with van der Waals surface area (Å²) in [5, 5.41) is 9.37. The zero-order valence-corrected chi connectivity index (χ0v) is 18.1. The fourth-order valence-electron chi connectivity index (χ4n) is 2.94. The number of anilines is 5. The quantitative estimate of drug-likeness (QED) is 0.361. The highest BCUT2D eigenvalue weighted by Crippen LogP contribution is 2.21. The number of rotatable bonds is 8. The highest BCUT2D eigenvalue weighted by molar-refractivity contribution is 5.87. The number of ether oxygens (including phenoxy) is 1. The Morgan fingerprint density at radius 3 is 2.06 bits per heavy atom. The van der Waals surface area contributed by atoms with E-state index in [1.807, 2.05) is 50.2 Å². The third-order valence-electron chi connectivity index (χ3n) is 4.20. The van der Waals surface area contributed by atoms with Gasteiger partial charge in [0.25, 0.3) is 0 Å². The molecule has 0 unspecified atom stereocenters. The van der Waals surface area contributed by atoms with Crippen molar-refractivity contribution in [3.8, 4) is 0 Å². The number of nitrogens with zero attached hydrogens (tertiary/aromatic N) is 3. The lowest BCUT2D eigenvalue weighted by Crippen LogP contribution is -2.07. The molecular formula is C23H26N6O2. The predicted octanol–water partition coefficient (Wildman–Crippen LogP) is 4.59. The molecule has 3 aromatic rings. The molecule has 3 rings (SSSR count). The van der Waals surface area contributed by atoms with Crippen LogP contribution in [0.15, 0.2) is 48.5 Å². The second-order valence-electron chi connectivity index (χ2n) is 6.89. The van der Waals surface area contributed by atoms with Crippen molar-refractivity contribution in [2.75, 3.05) is 29.6 Å². The standard InChI is InChI=1S/C23H26N6O2/c1-5-31-20(30)11-8-17-6-9-18(10-7-17)25-22-27-21(24-4)28-23(29-22)26-19-13-15(2)12-16(3)14-19/h6-14H,5H2,1-4H3,(H3,24,25,26,27,28,29)/b11-8+. The van der Waals surface area contributed by atoms with Crippen LogP contribution in [0.3, 0.4) is 0 Å². The van der Waals surface area contributed by atoms with Crippen molar-refractivity contribution in [1.82, 2.24) is 15.0 Å². The molecule has 8 heteroatoms. The summed E-state index contributed by atoms with van der Waals surface area (Å²) in [6.07, 6.45) is 3.11. The Bertz CT molecular complexity index is 1060. The molecule has 0 aliphatic heterocycles. The number of carbonyl (C=O) groups is 1. The van der Waals surface area contributed by atoms with Crippen molar-refractivity contribution in [2.24, 2.45) is 0 Å². The fraction of sp³-hybridized carbons (Fsp3) is 0.217. The molecule has 0 amide bonds. The van der Waals surface area contributed by atoms with Crippen LogP contribution < -0.4 is 16.0 Å². The van der Waals surface area contributed by atoms with Crippen molar-refractivity contribution in [3.63, 3.8) is 0 Å². The fourth-order valence-corrected chi connectivity index (χ4v) is 2.94. The smallest absolute Gasteiger partial charge is 0.330 e. The van der Waals surface area contributed by atoms with E-state index in [0.29, 0.717) is 24.5 Å². The van der Waals surface area contributed by atoms with E-state index in [4.69, 9.17) is 4.74 Å². The second-order valence-corrected chi connectivity index (χ2v) is 6.89. The molecule has 31 heavy (non-hydrogen) atoms. The molecule has 3 N–H and O–H groups in total. The summed E-state index contributed by atoms with van der Waals surface area (Å²) in [6.45, 7) is 6.22. The zero-order chi connectivity index (χ0) is 22.2. The summed E-state index contributed by atoms with van der Waals surface area (Å²) in [7, 11) is 1.75. The van der Waals surface area contributed by atoms with Gasteiger partial charge in [-0.2, -0.15) is 15.0 Å². The lowest BCUT2D eigenvalue weighted by molar-refractivity contribution is -0.137. The zero-order valence-electron chi connectivity index (χ0n) is 18.1. The van der Waals surface area contributed by atoms with Gasteiger partial charge in [-0.1, -0.05) is 18.2 Å². The Kier molecular flexibility index (Phi) is 7.16. The van der Waals surface area contributed by atoms with Gasteiger partial charge in [-0.15, -0.1) is 0 Å². The minimum absolute atomic E-state index is 0.354. The number of aromatic nitrogens is 3. The molecule has 1 heterocycles. The average Bonchev–Trinajstić information content (AvgIpc) is 2.72. The van der Waals surface area contributed by atoms with Gasteiger partial charge in [0.2, 0.25) is 17.8 Å². The average molecular weight is 419 g/mol. The van der Waals surface area contributed by atoms with Gasteiger partial charge in [0.15, 0.2) is 0 Å². The molecular weight excluding hydrogens is 392 g/mol. The summed E-state index contributed by atoms with van der Waals surface area (Å²) < 4.78 is 4.88. The molecule has 0 saturated carbocycles. The number of hydrogen-bond acceptors (Lipinski definition) is 8. The van der Waals surface area contributed by atoms with Crippen LogP contribution in [0.5, 0.6) is 0 Å². The minimum atomic E-state index is -0.363. The van der Waals surface area contributed by atoms with Gasteiger partial charge in [-0.25, -0.2) is 4.79 Å². The number of aryl methyl sites for hydroxylation is 2. The van der Waals surface area contributed by atoms with Crippen molar-refractivity contribution in [2.45, 2.75) is 20.8 Å². The monoisotopic (exact) mass is 418 g/mol. The molecule has 0 aliphatic carbocycles. The van der Waals surface area contributed by atoms with E-state index in [9.17, 15) is 4.79 Å². The Hall–Kier alpha value is -3.94. The topological polar surface area (TPSA) is 101 Å². The van der Waals surface area contributed by atoms with Gasteiger partial charge in [0.05, 0.1) is 6.61 Å². The van der Waals surface area contributed by atoms with E-state index in [2.05, 4.69) is 37.0 Å². The number of hydrogen-bond donors (Lipinski definition) is 3. The van der Waals surface area contributed by atoms with E-state index in [0.717, 1.165) is 28.1 Å². The Balaban J connectivity index is 1.75. The van der Waals surface area contributed by atoms with Crippen LogP contribution in [0.25, 0.3) is 6.08 Å². The normalized spacial score (nSPS) is 10.7. The molecule has 0 spiro atoms. The maximum absolute atomic E-state index is 11.4. The van der Waals surface area contributed by atoms with Gasteiger partial charge >= 0.3 is 5.97 Å². The molecule has 0 radical (unpaired) electrons. The highest BCUT2D eigenvalue weighted by atomic mass is 16.5. The first kappa shape index (κ1) is 21.8. The van der Waals surface area contributed by atoms with Gasteiger partial charge in [0, 0.05) is 24.5 Å². The third-order valence-corrected chi connectivity index (χ3v) is 4.20. The molecule has 0 bridgehead atoms.